The number of amides is 2. The van der Waals surface area contributed by atoms with Crippen LogP contribution in [0.1, 0.15) is 11.3 Å². The van der Waals surface area contributed by atoms with Gasteiger partial charge in [-0.2, -0.15) is 5.10 Å². The molecule has 0 saturated heterocycles. The van der Waals surface area contributed by atoms with E-state index < -0.39 is 0 Å². The smallest absolute Gasteiger partial charge is 0.318 e. The molecule has 3 N–H and O–H groups in total. The van der Waals surface area contributed by atoms with E-state index in [1.165, 1.54) is 0 Å². The number of carbonyl (C=O) groups excluding carboxylic acids is 1. The monoisotopic (exact) mass is 274 g/mol. The van der Waals surface area contributed by atoms with Gasteiger partial charge in [-0.05, 0) is 11.6 Å². The molecule has 2 rings (SSSR count). The molecule has 0 aliphatic carbocycles. The van der Waals surface area contributed by atoms with Crippen molar-refractivity contribution in [2.24, 2.45) is 0 Å². The number of aromatic nitrogens is 2. The Labute approximate surface area is 117 Å². The van der Waals surface area contributed by atoms with Gasteiger partial charge in [-0.3, -0.25) is 5.10 Å². The van der Waals surface area contributed by atoms with Crippen LogP contribution in [0.4, 0.5) is 4.79 Å². The van der Waals surface area contributed by atoms with E-state index >= 15 is 0 Å². The number of nitrogens with one attached hydrogen (secondary N) is 2. The van der Waals surface area contributed by atoms with Crippen molar-refractivity contribution in [2.75, 3.05) is 13.2 Å². The summed E-state index contributed by atoms with van der Waals surface area (Å²) in [6.45, 7) is 1.08. The first kappa shape index (κ1) is 14.1. The lowest BCUT2D eigenvalue weighted by Gasteiger charge is -2.22. The fourth-order valence-corrected chi connectivity index (χ4v) is 1.84. The summed E-state index contributed by atoms with van der Waals surface area (Å²) >= 11 is 0. The molecule has 0 aliphatic heterocycles. The van der Waals surface area contributed by atoms with E-state index in [2.05, 4.69) is 15.5 Å². The van der Waals surface area contributed by atoms with E-state index in [0.29, 0.717) is 19.6 Å². The van der Waals surface area contributed by atoms with Gasteiger partial charge in [0.2, 0.25) is 0 Å². The molecule has 2 aromatic rings. The molecule has 0 aliphatic rings. The normalized spacial score (nSPS) is 10.2. The zero-order chi connectivity index (χ0) is 14.2. The molecule has 0 bridgehead atoms. The van der Waals surface area contributed by atoms with Gasteiger partial charge in [0, 0.05) is 19.3 Å². The number of nitrogens with zero attached hydrogens (tertiary/aromatic N) is 2. The molecule has 0 saturated carbocycles. The summed E-state index contributed by atoms with van der Waals surface area (Å²) < 4.78 is 0. The van der Waals surface area contributed by atoms with Crippen LogP contribution in [0.25, 0.3) is 0 Å². The highest BCUT2D eigenvalue weighted by molar-refractivity contribution is 5.74. The second-order valence-corrected chi connectivity index (χ2v) is 4.37. The quantitative estimate of drug-likeness (QED) is 0.738. The summed E-state index contributed by atoms with van der Waals surface area (Å²) in [5, 5.41) is 18.5. The number of hydrogen-bond donors (Lipinski definition) is 3. The molecule has 0 fully saturated rings. The number of aromatic amines is 1. The predicted octanol–water partition coefficient (Wildman–Crippen LogP) is 1.11. The van der Waals surface area contributed by atoms with Crippen LogP contribution in [-0.2, 0) is 13.1 Å². The molecule has 20 heavy (non-hydrogen) atoms. The molecule has 106 valence electrons. The molecule has 0 spiro atoms. The highest BCUT2D eigenvalue weighted by atomic mass is 16.3. The number of urea groups is 1. The molecule has 6 nitrogen and oxygen atoms in total. The first-order chi connectivity index (χ1) is 9.79. The standard InChI is InChI=1S/C14H18N4O2/c19-9-8-18(11-12-4-2-1-3-5-12)14(20)15-10-13-6-7-16-17-13/h1-7,19H,8-11H2,(H,15,20)(H,16,17). The number of aliphatic hydroxyl groups is 1. The van der Waals surface area contributed by atoms with Crippen molar-refractivity contribution >= 4 is 6.03 Å². The average Bonchev–Trinajstić information content (AvgIpc) is 2.99. The van der Waals surface area contributed by atoms with Crippen LogP contribution in [0.3, 0.4) is 0 Å². The lowest BCUT2D eigenvalue weighted by Crippen LogP contribution is -2.40. The van der Waals surface area contributed by atoms with Crippen LogP contribution >= 0.6 is 0 Å². The lowest BCUT2D eigenvalue weighted by atomic mass is 10.2. The number of rotatable bonds is 6. The van der Waals surface area contributed by atoms with E-state index in [-0.39, 0.29) is 12.6 Å². The van der Waals surface area contributed by atoms with Gasteiger partial charge in [-0.1, -0.05) is 30.3 Å². The summed E-state index contributed by atoms with van der Waals surface area (Å²) in [4.78, 5) is 13.7. The second-order valence-electron chi connectivity index (χ2n) is 4.37. The van der Waals surface area contributed by atoms with Crippen LogP contribution in [0.15, 0.2) is 42.6 Å². The van der Waals surface area contributed by atoms with Crippen molar-refractivity contribution in [3.63, 3.8) is 0 Å². The SMILES string of the molecule is O=C(NCc1ccn[nH]1)N(CCO)Cc1ccccc1. The van der Waals surface area contributed by atoms with Crippen LogP contribution < -0.4 is 5.32 Å². The van der Waals surface area contributed by atoms with E-state index in [1.54, 1.807) is 17.2 Å². The van der Waals surface area contributed by atoms with Crippen molar-refractivity contribution in [1.29, 1.82) is 0 Å². The maximum absolute atomic E-state index is 12.1. The van der Waals surface area contributed by atoms with Crippen molar-refractivity contribution in [1.82, 2.24) is 20.4 Å². The predicted molar refractivity (Wildman–Crippen MR) is 74.8 cm³/mol. The minimum absolute atomic E-state index is 0.0652. The van der Waals surface area contributed by atoms with Gasteiger partial charge in [0.1, 0.15) is 0 Å². The zero-order valence-corrected chi connectivity index (χ0v) is 11.1. The van der Waals surface area contributed by atoms with Crippen molar-refractivity contribution in [3.05, 3.63) is 53.9 Å². The fraction of sp³-hybridized carbons (Fsp3) is 0.286. The molecular formula is C14H18N4O2. The van der Waals surface area contributed by atoms with Crippen molar-refractivity contribution < 1.29 is 9.90 Å². The number of H-pyrrole nitrogens is 1. The third-order valence-corrected chi connectivity index (χ3v) is 2.86. The van der Waals surface area contributed by atoms with Gasteiger partial charge < -0.3 is 15.3 Å². The molecule has 0 atom stereocenters. The van der Waals surface area contributed by atoms with Crippen molar-refractivity contribution in [2.45, 2.75) is 13.1 Å². The second kappa shape index (κ2) is 7.30. The molecule has 6 heteroatoms. The summed E-state index contributed by atoms with van der Waals surface area (Å²) in [6, 6.07) is 11.3. The van der Waals surface area contributed by atoms with Gasteiger partial charge in [0.05, 0.1) is 18.8 Å². The van der Waals surface area contributed by atoms with E-state index in [9.17, 15) is 4.79 Å². The summed E-state index contributed by atoms with van der Waals surface area (Å²) in [7, 11) is 0. The molecule has 1 heterocycles. The molecule has 0 unspecified atom stereocenters. The molecular weight excluding hydrogens is 256 g/mol. The van der Waals surface area contributed by atoms with Crippen LogP contribution in [0, 0.1) is 0 Å². The third-order valence-electron chi connectivity index (χ3n) is 2.86. The van der Waals surface area contributed by atoms with Crippen LogP contribution in [-0.4, -0.2) is 39.4 Å². The summed E-state index contributed by atoms with van der Waals surface area (Å²) in [5.41, 5.74) is 1.86. The summed E-state index contributed by atoms with van der Waals surface area (Å²) in [6.07, 6.45) is 1.64. The number of aliphatic hydroxyl groups excluding tert-OH is 1. The minimum atomic E-state index is -0.211. The lowest BCUT2D eigenvalue weighted by molar-refractivity contribution is 0.173. The number of benzene rings is 1. The molecule has 2 amide bonds. The molecule has 1 aromatic heterocycles. The Balaban J connectivity index is 1.91. The molecule has 0 radical (unpaired) electrons. The topological polar surface area (TPSA) is 81.2 Å². The Morgan fingerprint density at radius 2 is 2.10 bits per heavy atom. The number of carbonyl (C=O) groups is 1. The highest BCUT2D eigenvalue weighted by Gasteiger charge is 2.13. The first-order valence-electron chi connectivity index (χ1n) is 6.45. The Hall–Kier alpha value is -2.34. The Morgan fingerprint density at radius 1 is 1.30 bits per heavy atom. The van der Waals surface area contributed by atoms with Gasteiger partial charge in [0.15, 0.2) is 0 Å². The fourth-order valence-electron chi connectivity index (χ4n) is 1.84. The summed E-state index contributed by atoms with van der Waals surface area (Å²) in [5.74, 6) is 0. The van der Waals surface area contributed by atoms with Gasteiger partial charge in [0.25, 0.3) is 0 Å². The van der Waals surface area contributed by atoms with Gasteiger partial charge in [-0.15, -0.1) is 0 Å². The van der Waals surface area contributed by atoms with E-state index in [1.807, 2.05) is 30.3 Å². The average molecular weight is 274 g/mol. The van der Waals surface area contributed by atoms with Gasteiger partial charge >= 0.3 is 6.03 Å². The number of hydrogen-bond acceptors (Lipinski definition) is 3. The highest BCUT2D eigenvalue weighted by Crippen LogP contribution is 2.04. The minimum Gasteiger partial charge on any atom is -0.395 e. The zero-order valence-electron chi connectivity index (χ0n) is 11.1. The first-order valence-corrected chi connectivity index (χ1v) is 6.45. The Morgan fingerprint density at radius 3 is 2.75 bits per heavy atom. The maximum atomic E-state index is 12.1. The van der Waals surface area contributed by atoms with E-state index in [4.69, 9.17) is 5.11 Å². The third kappa shape index (κ3) is 4.10. The van der Waals surface area contributed by atoms with E-state index in [0.717, 1.165) is 11.3 Å². The van der Waals surface area contributed by atoms with Gasteiger partial charge in [-0.25, -0.2) is 4.79 Å². The Bertz CT molecular complexity index is 513. The maximum Gasteiger partial charge on any atom is 0.318 e. The molecule has 1 aromatic carbocycles. The van der Waals surface area contributed by atoms with Crippen LogP contribution in [0.5, 0.6) is 0 Å². The van der Waals surface area contributed by atoms with Crippen LogP contribution in [0.2, 0.25) is 0 Å². The van der Waals surface area contributed by atoms with Crippen molar-refractivity contribution in [3.8, 4) is 0 Å². The largest absolute Gasteiger partial charge is 0.395 e. The Kier molecular flexibility index (Phi) is 5.14.